The number of hydrogen-bond acceptors (Lipinski definition) is 6. The molecule has 42 heavy (non-hydrogen) atoms. The minimum Gasteiger partial charge on any atom is -0.359 e. The smallest absolute Gasteiger partial charge is 0.245 e. The summed E-state index contributed by atoms with van der Waals surface area (Å²) in [6, 6.07) is 14.9. The van der Waals surface area contributed by atoms with Gasteiger partial charge in [-0.05, 0) is 62.3 Å². The fourth-order valence-corrected chi connectivity index (χ4v) is 6.71. The summed E-state index contributed by atoms with van der Waals surface area (Å²) in [6.07, 6.45) is 3.31. The van der Waals surface area contributed by atoms with Crippen LogP contribution in [0.25, 0.3) is 0 Å². The first-order chi connectivity index (χ1) is 20.3. The number of carbonyl (C=O) groups excluding carboxylic acids is 4. The van der Waals surface area contributed by atoms with Gasteiger partial charge in [-0.25, -0.2) is 0 Å². The lowest BCUT2D eigenvalue weighted by Crippen LogP contribution is -2.56. The predicted molar refractivity (Wildman–Crippen MR) is 159 cm³/mol. The van der Waals surface area contributed by atoms with Crippen molar-refractivity contribution in [3.8, 4) is 0 Å². The van der Waals surface area contributed by atoms with Crippen molar-refractivity contribution in [3.63, 3.8) is 0 Å². The highest BCUT2D eigenvalue weighted by Crippen LogP contribution is 2.38. The van der Waals surface area contributed by atoms with Crippen LogP contribution in [-0.4, -0.2) is 72.8 Å². The highest BCUT2D eigenvalue weighted by atomic mass is 16.2. The van der Waals surface area contributed by atoms with Gasteiger partial charge in [0, 0.05) is 25.6 Å². The van der Waals surface area contributed by atoms with Crippen molar-refractivity contribution in [2.75, 3.05) is 20.1 Å². The van der Waals surface area contributed by atoms with E-state index in [0.29, 0.717) is 25.8 Å². The third-order valence-corrected chi connectivity index (χ3v) is 8.98. The van der Waals surface area contributed by atoms with E-state index in [-0.39, 0.29) is 29.7 Å². The van der Waals surface area contributed by atoms with Crippen molar-refractivity contribution >= 4 is 23.6 Å². The highest BCUT2D eigenvalue weighted by molar-refractivity contribution is 5.94. The van der Waals surface area contributed by atoms with Gasteiger partial charge in [-0.2, -0.15) is 0 Å². The predicted octanol–water partition coefficient (Wildman–Crippen LogP) is 1.12. The second-order valence-electron chi connectivity index (χ2n) is 11.8. The average Bonchev–Trinajstić information content (AvgIpc) is 3.76. The van der Waals surface area contributed by atoms with Crippen LogP contribution in [-0.2, 0) is 25.6 Å². The second-order valence-corrected chi connectivity index (χ2v) is 11.8. The summed E-state index contributed by atoms with van der Waals surface area (Å²) in [6.45, 7) is 2.81. The molecule has 5 rings (SSSR count). The Morgan fingerprint density at radius 3 is 2.48 bits per heavy atom. The first kappa shape index (κ1) is 29.7. The Labute approximate surface area is 247 Å². The highest BCUT2D eigenvalue weighted by Gasteiger charge is 2.45. The molecule has 2 aliphatic heterocycles. The molecule has 2 aromatic carbocycles. The summed E-state index contributed by atoms with van der Waals surface area (Å²) >= 11 is 0. The van der Waals surface area contributed by atoms with Gasteiger partial charge in [0.1, 0.15) is 12.1 Å². The summed E-state index contributed by atoms with van der Waals surface area (Å²) in [5, 5.41) is 12.2. The number of carbonyl (C=O) groups is 4. The number of nitrogens with zero attached hydrogens (tertiary/aromatic N) is 1. The molecule has 10 heteroatoms. The molecule has 2 fully saturated rings. The van der Waals surface area contributed by atoms with E-state index in [4.69, 9.17) is 5.73 Å². The van der Waals surface area contributed by atoms with Crippen LogP contribution < -0.4 is 27.0 Å². The van der Waals surface area contributed by atoms with Gasteiger partial charge in [0.2, 0.25) is 23.6 Å². The number of nitrogens with two attached hydrogens (primary N) is 1. The molecule has 2 saturated heterocycles. The van der Waals surface area contributed by atoms with Gasteiger partial charge in [0.05, 0.1) is 18.0 Å². The number of fused-ring (bicyclic) bond motifs is 1. The number of nitrogens with one attached hydrogen (secondary N) is 4. The first-order valence-corrected chi connectivity index (χ1v) is 15.0. The fourth-order valence-electron chi connectivity index (χ4n) is 6.71. The lowest BCUT2D eigenvalue weighted by atomic mass is 9.95. The molecule has 4 amide bonds. The molecule has 3 unspecified atom stereocenters. The van der Waals surface area contributed by atoms with Crippen molar-refractivity contribution in [2.24, 2.45) is 11.7 Å². The third-order valence-electron chi connectivity index (χ3n) is 8.98. The first-order valence-electron chi connectivity index (χ1n) is 15.0. The van der Waals surface area contributed by atoms with E-state index in [1.165, 1.54) is 0 Å². The average molecular weight is 575 g/mol. The zero-order valence-corrected chi connectivity index (χ0v) is 24.3. The monoisotopic (exact) mass is 574 g/mol. The molecule has 3 aliphatic rings. The molecule has 1 aliphatic carbocycles. The quantitative estimate of drug-likeness (QED) is 0.304. The Bertz CT molecular complexity index is 1290. The third kappa shape index (κ3) is 6.34. The van der Waals surface area contributed by atoms with E-state index in [1.807, 2.05) is 54.6 Å². The maximum Gasteiger partial charge on any atom is 0.245 e. The number of hydrogen-bond donors (Lipinski definition) is 5. The molecule has 0 spiro atoms. The summed E-state index contributed by atoms with van der Waals surface area (Å²) in [5.41, 5.74) is 8.85. The van der Waals surface area contributed by atoms with E-state index in [2.05, 4.69) is 21.3 Å². The Morgan fingerprint density at radius 1 is 1.05 bits per heavy atom. The summed E-state index contributed by atoms with van der Waals surface area (Å²) in [5.74, 6) is -1.62. The Hall–Kier alpha value is -3.76. The van der Waals surface area contributed by atoms with Crippen LogP contribution in [0.2, 0.25) is 0 Å². The second kappa shape index (κ2) is 13.0. The van der Waals surface area contributed by atoms with Gasteiger partial charge in [-0.15, -0.1) is 0 Å². The number of benzene rings is 2. The zero-order valence-electron chi connectivity index (χ0n) is 24.3. The zero-order chi connectivity index (χ0) is 29.8. The van der Waals surface area contributed by atoms with Crippen molar-refractivity contribution in [1.29, 1.82) is 0 Å². The van der Waals surface area contributed by atoms with Crippen LogP contribution in [0.4, 0.5) is 0 Å². The van der Waals surface area contributed by atoms with Crippen LogP contribution in [0.3, 0.4) is 0 Å². The fraction of sp³-hybridized carbons (Fsp3) is 0.500. The molecule has 0 saturated carbocycles. The van der Waals surface area contributed by atoms with E-state index < -0.39 is 36.0 Å². The number of rotatable bonds is 9. The molecule has 7 atom stereocenters. The van der Waals surface area contributed by atoms with Crippen LogP contribution in [0.5, 0.6) is 0 Å². The molecule has 0 aromatic heterocycles. The molecular formula is C32H42N6O4. The minimum atomic E-state index is -0.810. The summed E-state index contributed by atoms with van der Waals surface area (Å²) in [4.78, 5) is 55.5. The lowest BCUT2D eigenvalue weighted by Gasteiger charge is -2.31. The Morgan fingerprint density at radius 2 is 1.79 bits per heavy atom. The maximum atomic E-state index is 14.2. The van der Waals surface area contributed by atoms with Crippen molar-refractivity contribution in [3.05, 3.63) is 71.3 Å². The normalized spacial score (nSPS) is 26.3. The molecule has 224 valence electrons. The molecule has 0 bridgehead atoms. The van der Waals surface area contributed by atoms with E-state index >= 15 is 0 Å². The molecule has 6 N–H and O–H groups in total. The van der Waals surface area contributed by atoms with Gasteiger partial charge in [-0.3, -0.25) is 19.2 Å². The lowest BCUT2D eigenvalue weighted by molar-refractivity contribution is -0.142. The van der Waals surface area contributed by atoms with E-state index in [0.717, 1.165) is 36.1 Å². The topological polar surface area (TPSA) is 146 Å². The van der Waals surface area contributed by atoms with Crippen LogP contribution in [0, 0.1) is 5.92 Å². The van der Waals surface area contributed by atoms with Gasteiger partial charge in [0.15, 0.2) is 0 Å². The Balaban J connectivity index is 1.42. The van der Waals surface area contributed by atoms with Crippen molar-refractivity contribution in [1.82, 2.24) is 26.2 Å². The number of likely N-dealkylation sites (tertiary alicyclic amines) is 1. The molecule has 2 heterocycles. The van der Waals surface area contributed by atoms with Crippen molar-refractivity contribution < 1.29 is 19.2 Å². The summed E-state index contributed by atoms with van der Waals surface area (Å²) < 4.78 is 0. The molecule has 10 nitrogen and oxygen atoms in total. The SMILES string of the molecule is CNC(=O)[C@@H]1Cc2ccccc2[C@@H]1NC(=O)[C@@H]1C[C@H](c2ccccc2)CN1C(=O)C(CC1CCCN1)NC(=O)C(C)N. The van der Waals surface area contributed by atoms with Crippen LogP contribution in [0.1, 0.15) is 61.3 Å². The maximum absolute atomic E-state index is 14.2. The molecular weight excluding hydrogens is 532 g/mol. The number of amides is 4. The van der Waals surface area contributed by atoms with Crippen molar-refractivity contribution in [2.45, 2.75) is 75.2 Å². The van der Waals surface area contributed by atoms with Gasteiger partial charge in [0.25, 0.3) is 0 Å². The Kier molecular flexibility index (Phi) is 9.23. The minimum absolute atomic E-state index is 0.0501. The summed E-state index contributed by atoms with van der Waals surface area (Å²) in [7, 11) is 1.60. The molecule has 2 aromatic rings. The van der Waals surface area contributed by atoms with E-state index in [1.54, 1.807) is 18.9 Å². The van der Waals surface area contributed by atoms with Crippen LogP contribution in [0.15, 0.2) is 54.6 Å². The van der Waals surface area contributed by atoms with Gasteiger partial charge < -0.3 is 31.9 Å². The molecule has 0 radical (unpaired) electrons. The van der Waals surface area contributed by atoms with E-state index in [9.17, 15) is 19.2 Å². The largest absolute Gasteiger partial charge is 0.359 e. The van der Waals surface area contributed by atoms with Gasteiger partial charge in [-0.1, -0.05) is 54.6 Å². The standard InChI is InChI=1S/C32H42N6O4/c1-19(33)29(39)36-26(17-23-12-8-14-35-23)32(42)38-18-22(20-9-4-3-5-10-20)16-27(38)31(41)37-28-24-13-7-6-11-21(24)15-25(28)30(40)34-2/h3-7,9-11,13,19,22-23,25-28,35H,8,12,14-18,33H2,1-2H3,(H,34,40)(H,36,39)(H,37,41)/t19?,22-,23?,25+,26?,27-,28-/m0/s1. The van der Waals surface area contributed by atoms with Crippen LogP contribution >= 0.6 is 0 Å². The van der Waals surface area contributed by atoms with Gasteiger partial charge >= 0.3 is 0 Å².